The molecule has 0 radical (unpaired) electrons. The van der Waals surface area contributed by atoms with Gasteiger partial charge >= 0.3 is 6.18 Å². The third-order valence-electron chi connectivity index (χ3n) is 3.08. The highest BCUT2D eigenvalue weighted by Crippen LogP contribution is 2.27. The standard InChI is InChI=1S/C12H16F3N5O2/c13-12(14,15)9-1-2-17-11(20-9)18-4-3-16-10(22)8-5-7(21)6-19-8/h1-2,7-8,19,21H,3-6H2,(H,16,22)(H,17,18,20)/t7-,8+/m0/s1. The van der Waals surface area contributed by atoms with Gasteiger partial charge in [0.15, 0.2) is 0 Å². The number of anilines is 1. The molecule has 4 N–H and O–H groups in total. The number of carbonyl (C=O) groups is 1. The number of rotatable bonds is 5. The number of hydrogen-bond donors (Lipinski definition) is 4. The maximum atomic E-state index is 12.5. The number of amides is 1. The number of halogens is 3. The van der Waals surface area contributed by atoms with E-state index in [-0.39, 0.29) is 24.9 Å². The summed E-state index contributed by atoms with van der Waals surface area (Å²) in [4.78, 5) is 18.7. The Morgan fingerprint density at radius 3 is 2.86 bits per heavy atom. The molecule has 1 aliphatic rings. The summed E-state index contributed by atoms with van der Waals surface area (Å²) < 4.78 is 37.4. The zero-order valence-electron chi connectivity index (χ0n) is 11.5. The molecule has 10 heteroatoms. The quantitative estimate of drug-likeness (QED) is 0.559. The SMILES string of the molecule is O=C(NCCNc1nccc(C(F)(F)F)n1)[C@H]1C[C@H](O)CN1. The molecule has 0 unspecified atom stereocenters. The lowest BCUT2D eigenvalue weighted by Gasteiger charge is -2.12. The van der Waals surface area contributed by atoms with Crippen LogP contribution in [0.25, 0.3) is 0 Å². The molecule has 0 aliphatic carbocycles. The zero-order chi connectivity index (χ0) is 16.2. The number of β-amino-alcohol motifs (C(OH)–C–C–N with tert-alkyl or cyclic N) is 1. The first-order chi connectivity index (χ1) is 10.4. The van der Waals surface area contributed by atoms with E-state index in [1.807, 2.05) is 0 Å². The van der Waals surface area contributed by atoms with E-state index in [4.69, 9.17) is 0 Å². The summed E-state index contributed by atoms with van der Waals surface area (Å²) in [5, 5.41) is 17.4. The Balaban J connectivity index is 1.74. The largest absolute Gasteiger partial charge is 0.433 e. The molecule has 0 spiro atoms. The van der Waals surface area contributed by atoms with Crippen LogP contribution in [0, 0.1) is 0 Å². The van der Waals surface area contributed by atoms with Crippen molar-refractivity contribution >= 4 is 11.9 Å². The first-order valence-corrected chi connectivity index (χ1v) is 6.69. The molecule has 122 valence electrons. The van der Waals surface area contributed by atoms with Crippen molar-refractivity contribution in [2.45, 2.75) is 24.7 Å². The maximum Gasteiger partial charge on any atom is 0.433 e. The molecule has 1 aromatic rings. The molecule has 22 heavy (non-hydrogen) atoms. The lowest BCUT2D eigenvalue weighted by molar-refractivity contribution is -0.141. The second-order valence-corrected chi connectivity index (χ2v) is 4.83. The summed E-state index contributed by atoms with van der Waals surface area (Å²) in [5.74, 6) is -0.415. The summed E-state index contributed by atoms with van der Waals surface area (Å²) in [6.45, 7) is 0.753. The molecular formula is C12H16F3N5O2. The molecule has 1 aliphatic heterocycles. The van der Waals surface area contributed by atoms with Gasteiger partial charge in [-0.3, -0.25) is 4.79 Å². The molecule has 1 amide bonds. The van der Waals surface area contributed by atoms with Crippen LogP contribution in [0.15, 0.2) is 12.3 Å². The third kappa shape index (κ3) is 4.53. The first kappa shape index (κ1) is 16.4. The second kappa shape index (κ2) is 6.88. The summed E-state index contributed by atoms with van der Waals surface area (Å²) >= 11 is 0. The number of aliphatic hydroxyl groups excluding tert-OH is 1. The van der Waals surface area contributed by atoms with Crippen molar-refractivity contribution in [2.24, 2.45) is 0 Å². The van der Waals surface area contributed by atoms with Crippen LogP contribution in [0.4, 0.5) is 19.1 Å². The van der Waals surface area contributed by atoms with E-state index in [1.165, 1.54) is 0 Å². The van der Waals surface area contributed by atoms with Crippen LogP contribution in [0.5, 0.6) is 0 Å². The fraction of sp³-hybridized carbons (Fsp3) is 0.583. The molecule has 2 atom stereocenters. The molecule has 1 saturated heterocycles. The van der Waals surface area contributed by atoms with E-state index in [0.717, 1.165) is 12.3 Å². The Bertz CT molecular complexity index is 526. The Morgan fingerprint density at radius 1 is 1.45 bits per heavy atom. The predicted molar refractivity (Wildman–Crippen MR) is 70.9 cm³/mol. The summed E-state index contributed by atoms with van der Waals surface area (Å²) in [7, 11) is 0. The fourth-order valence-electron chi connectivity index (χ4n) is 2.00. The average molecular weight is 319 g/mol. The van der Waals surface area contributed by atoms with Crippen molar-refractivity contribution in [3.63, 3.8) is 0 Å². The van der Waals surface area contributed by atoms with Gasteiger partial charge in [-0.2, -0.15) is 13.2 Å². The second-order valence-electron chi connectivity index (χ2n) is 4.83. The van der Waals surface area contributed by atoms with Gasteiger partial charge in [0.1, 0.15) is 5.69 Å². The highest BCUT2D eigenvalue weighted by atomic mass is 19.4. The predicted octanol–water partition coefficient (Wildman–Crippen LogP) is -0.254. The minimum absolute atomic E-state index is 0.154. The number of nitrogens with one attached hydrogen (secondary N) is 3. The normalized spacial score (nSPS) is 21.6. The van der Waals surface area contributed by atoms with Crippen molar-refractivity contribution in [2.75, 3.05) is 25.0 Å². The number of aliphatic hydroxyl groups is 1. The van der Waals surface area contributed by atoms with Crippen LogP contribution in [-0.2, 0) is 11.0 Å². The Labute approximate surface area is 124 Å². The average Bonchev–Trinajstić information content (AvgIpc) is 2.89. The van der Waals surface area contributed by atoms with Gasteiger partial charge in [0.2, 0.25) is 11.9 Å². The molecule has 1 aromatic heterocycles. The van der Waals surface area contributed by atoms with Crippen molar-refractivity contribution in [3.8, 4) is 0 Å². The monoisotopic (exact) mass is 319 g/mol. The maximum absolute atomic E-state index is 12.5. The van der Waals surface area contributed by atoms with E-state index >= 15 is 0 Å². The number of aromatic nitrogens is 2. The topological polar surface area (TPSA) is 99.2 Å². The van der Waals surface area contributed by atoms with Crippen molar-refractivity contribution in [3.05, 3.63) is 18.0 Å². The zero-order valence-corrected chi connectivity index (χ0v) is 11.5. The van der Waals surface area contributed by atoms with Gasteiger partial charge in [-0.15, -0.1) is 0 Å². The molecule has 0 aromatic carbocycles. The summed E-state index contributed by atoms with van der Waals surface area (Å²) in [5.41, 5.74) is -1.03. The Morgan fingerprint density at radius 2 is 2.23 bits per heavy atom. The van der Waals surface area contributed by atoms with Gasteiger partial charge in [-0.1, -0.05) is 0 Å². The van der Waals surface area contributed by atoms with Crippen LogP contribution in [0.3, 0.4) is 0 Å². The van der Waals surface area contributed by atoms with Gasteiger partial charge in [-0.25, -0.2) is 9.97 Å². The minimum atomic E-state index is -4.53. The number of nitrogens with zero attached hydrogens (tertiary/aromatic N) is 2. The van der Waals surface area contributed by atoms with Gasteiger partial charge in [0.05, 0.1) is 12.1 Å². The van der Waals surface area contributed by atoms with E-state index in [1.54, 1.807) is 0 Å². The van der Waals surface area contributed by atoms with Crippen molar-refractivity contribution < 1.29 is 23.1 Å². The number of hydrogen-bond acceptors (Lipinski definition) is 6. The molecule has 2 rings (SSSR count). The number of carbonyl (C=O) groups excluding carboxylic acids is 1. The van der Waals surface area contributed by atoms with Gasteiger partial charge < -0.3 is 21.1 Å². The highest BCUT2D eigenvalue weighted by Gasteiger charge is 2.32. The Hall–Kier alpha value is -1.94. The molecule has 7 nitrogen and oxygen atoms in total. The summed E-state index contributed by atoms with van der Waals surface area (Å²) in [6.07, 6.45) is -3.70. The van der Waals surface area contributed by atoms with E-state index < -0.39 is 24.0 Å². The van der Waals surface area contributed by atoms with E-state index in [0.29, 0.717) is 13.0 Å². The van der Waals surface area contributed by atoms with Crippen molar-refractivity contribution in [1.82, 2.24) is 20.6 Å². The number of alkyl halides is 3. The van der Waals surface area contributed by atoms with Crippen LogP contribution in [0.1, 0.15) is 12.1 Å². The van der Waals surface area contributed by atoms with Crippen LogP contribution < -0.4 is 16.0 Å². The minimum Gasteiger partial charge on any atom is -0.392 e. The molecule has 0 bridgehead atoms. The van der Waals surface area contributed by atoms with Gasteiger partial charge in [-0.05, 0) is 12.5 Å². The molecule has 0 saturated carbocycles. The van der Waals surface area contributed by atoms with Crippen molar-refractivity contribution in [1.29, 1.82) is 0 Å². The third-order valence-corrected chi connectivity index (χ3v) is 3.08. The molecular weight excluding hydrogens is 303 g/mol. The van der Waals surface area contributed by atoms with Gasteiger partial charge in [0.25, 0.3) is 0 Å². The smallest absolute Gasteiger partial charge is 0.392 e. The molecule has 2 heterocycles. The van der Waals surface area contributed by atoms with E-state index in [2.05, 4.69) is 25.9 Å². The lowest BCUT2D eigenvalue weighted by Crippen LogP contribution is -2.42. The molecule has 1 fully saturated rings. The van der Waals surface area contributed by atoms with Crippen LogP contribution >= 0.6 is 0 Å². The lowest BCUT2D eigenvalue weighted by atomic mass is 10.2. The highest BCUT2D eigenvalue weighted by molar-refractivity contribution is 5.82. The Kier molecular flexibility index (Phi) is 5.14. The van der Waals surface area contributed by atoms with Gasteiger partial charge in [0, 0.05) is 25.8 Å². The summed E-state index contributed by atoms with van der Waals surface area (Å²) in [6, 6.07) is 0.337. The first-order valence-electron chi connectivity index (χ1n) is 6.69. The fourth-order valence-corrected chi connectivity index (χ4v) is 2.00. The van der Waals surface area contributed by atoms with Crippen LogP contribution in [0.2, 0.25) is 0 Å². The van der Waals surface area contributed by atoms with E-state index in [9.17, 15) is 23.1 Å². The van der Waals surface area contributed by atoms with Crippen LogP contribution in [-0.4, -0.2) is 52.8 Å².